The largest absolute Gasteiger partial charge is 0.349 e. The number of carbonyl (C=O) groups excluding carboxylic acids is 2. The summed E-state index contributed by atoms with van der Waals surface area (Å²) >= 11 is 0. The van der Waals surface area contributed by atoms with E-state index in [9.17, 15) is 9.59 Å². The van der Waals surface area contributed by atoms with Gasteiger partial charge in [0.15, 0.2) is 5.78 Å². The molecule has 0 atom stereocenters. The highest BCUT2D eigenvalue weighted by Crippen LogP contribution is 2.14. The molecule has 0 aromatic heterocycles. The van der Waals surface area contributed by atoms with Crippen LogP contribution in [0.2, 0.25) is 0 Å². The molecule has 1 amide bonds. The number of nitrogens with one attached hydrogen (secondary N) is 1. The second-order valence-corrected chi connectivity index (χ2v) is 4.33. The van der Waals surface area contributed by atoms with Crippen LogP contribution >= 0.6 is 0 Å². The van der Waals surface area contributed by atoms with E-state index in [4.69, 9.17) is 0 Å². The van der Waals surface area contributed by atoms with Crippen LogP contribution < -0.4 is 5.32 Å². The molecule has 0 aliphatic rings. The molecule has 0 aliphatic carbocycles. The summed E-state index contributed by atoms with van der Waals surface area (Å²) in [6.07, 6.45) is 0.402. The Morgan fingerprint density at radius 3 is 2.24 bits per heavy atom. The van der Waals surface area contributed by atoms with Crippen LogP contribution in [0.25, 0.3) is 0 Å². The normalized spacial score (nSPS) is 10.4. The molecule has 92 valence electrons. The van der Waals surface area contributed by atoms with Crippen LogP contribution in [0, 0.1) is 0 Å². The van der Waals surface area contributed by atoms with Gasteiger partial charge < -0.3 is 5.32 Å². The summed E-state index contributed by atoms with van der Waals surface area (Å²) in [6, 6.07) is 7.55. The highest BCUT2D eigenvalue weighted by molar-refractivity contribution is 5.99. The molecule has 0 radical (unpaired) electrons. The number of benzene rings is 1. The Labute approximate surface area is 102 Å². The predicted molar refractivity (Wildman–Crippen MR) is 68.2 cm³/mol. The topological polar surface area (TPSA) is 46.2 Å². The molecule has 1 rings (SSSR count). The number of hydrogen-bond donors (Lipinski definition) is 1. The van der Waals surface area contributed by atoms with Gasteiger partial charge in [-0.25, -0.2) is 0 Å². The maximum Gasteiger partial charge on any atom is 0.220 e. The summed E-state index contributed by atoms with van der Waals surface area (Å²) in [5.41, 5.74) is 1.85. The van der Waals surface area contributed by atoms with Gasteiger partial charge in [0, 0.05) is 12.0 Å². The lowest BCUT2D eigenvalue weighted by Gasteiger charge is -2.07. The smallest absolute Gasteiger partial charge is 0.220 e. The third-order valence-corrected chi connectivity index (χ3v) is 2.67. The molecule has 0 heterocycles. The number of hydrogen-bond acceptors (Lipinski definition) is 2. The summed E-state index contributed by atoms with van der Waals surface area (Å²) in [4.78, 5) is 22.8. The summed E-state index contributed by atoms with van der Waals surface area (Å²) < 4.78 is 0. The van der Waals surface area contributed by atoms with E-state index >= 15 is 0 Å². The Hall–Kier alpha value is -1.64. The molecule has 0 spiro atoms. The van der Waals surface area contributed by atoms with E-state index in [1.54, 1.807) is 6.92 Å². The molecule has 0 saturated heterocycles. The SMILES string of the molecule is CCC(=O)NCC(=O)c1ccc(C(C)C)cc1. The van der Waals surface area contributed by atoms with Crippen molar-refractivity contribution in [3.05, 3.63) is 35.4 Å². The van der Waals surface area contributed by atoms with E-state index < -0.39 is 0 Å². The molecule has 3 nitrogen and oxygen atoms in total. The van der Waals surface area contributed by atoms with E-state index in [-0.39, 0.29) is 18.2 Å². The van der Waals surface area contributed by atoms with Crippen molar-refractivity contribution in [3.8, 4) is 0 Å². The fraction of sp³-hybridized carbons (Fsp3) is 0.429. The molecule has 1 aromatic rings. The van der Waals surface area contributed by atoms with Crippen molar-refractivity contribution < 1.29 is 9.59 Å². The van der Waals surface area contributed by atoms with E-state index in [2.05, 4.69) is 19.2 Å². The molecule has 17 heavy (non-hydrogen) atoms. The third kappa shape index (κ3) is 4.02. The monoisotopic (exact) mass is 233 g/mol. The standard InChI is InChI=1S/C14H19NO2/c1-4-14(17)15-9-13(16)12-7-5-11(6-8-12)10(2)3/h5-8,10H,4,9H2,1-3H3,(H,15,17). The number of Topliss-reactive ketones (excluding diaryl/α,β-unsaturated/α-hetero) is 1. The van der Waals surface area contributed by atoms with Crippen LogP contribution in [0.1, 0.15) is 49.0 Å². The average Bonchev–Trinajstić information content (AvgIpc) is 2.35. The minimum absolute atomic E-state index is 0.0536. The fourth-order valence-corrected chi connectivity index (χ4v) is 1.46. The first-order chi connectivity index (χ1) is 8.04. The lowest BCUT2D eigenvalue weighted by atomic mass is 10.0. The Kier molecular flexibility index (Phi) is 4.88. The molecular formula is C14H19NO2. The van der Waals surface area contributed by atoms with Gasteiger partial charge in [0.25, 0.3) is 0 Å². The van der Waals surface area contributed by atoms with Crippen LogP contribution in [0.3, 0.4) is 0 Å². The minimum atomic E-state index is -0.0999. The zero-order chi connectivity index (χ0) is 12.8. The molecule has 0 aliphatic heterocycles. The minimum Gasteiger partial charge on any atom is -0.349 e. The summed E-state index contributed by atoms with van der Waals surface area (Å²) in [7, 11) is 0. The van der Waals surface area contributed by atoms with Gasteiger partial charge in [-0.15, -0.1) is 0 Å². The Morgan fingerprint density at radius 2 is 1.76 bits per heavy atom. The van der Waals surface area contributed by atoms with Crippen molar-refractivity contribution in [2.75, 3.05) is 6.54 Å². The highest BCUT2D eigenvalue weighted by Gasteiger charge is 2.07. The van der Waals surface area contributed by atoms with Gasteiger partial charge in [-0.2, -0.15) is 0 Å². The molecule has 0 fully saturated rings. The van der Waals surface area contributed by atoms with Crippen molar-refractivity contribution in [2.24, 2.45) is 0 Å². The Balaban J connectivity index is 2.61. The predicted octanol–water partition coefficient (Wildman–Crippen LogP) is 2.52. The van der Waals surface area contributed by atoms with Gasteiger partial charge in [0.05, 0.1) is 6.54 Å². The second kappa shape index (κ2) is 6.18. The maximum absolute atomic E-state index is 11.7. The summed E-state index contributed by atoms with van der Waals surface area (Å²) in [5.74, 6) is 0.304. The van der Waals surface area contributed by atoms with Gasteiger partial charge in [0.1, 0.15) is 0 Å². The van der Waals surface area contributed by atoms with Crippen molar-refractivity contribution >= 4 is 11.7 Å². The van der Waals surface area contributed by atoms with Crippen LogP contribution in [-0.2, 0) is 4.79 Å². The summed E-state index contributed by atoms with van der Waals surface area (Å²) in [6.45, 7) is 6.06. The molecule has 1 aromatic carbocycles. The zero-order valence-corrected chi connectivity index (χ0v) is 10.6. The van der Waals surface area contributed by atoms with E-state index in [0.717, 1.165) is 0 Å². The van der Waals surface area contributed by atoms with Crippen LogP contribution in [0.5, 0.6) is 0 Å². The second-order valence-electron chi connectivity index (χ2n) is 4.33. The number of ketones is 1. The quantitative estimate of drug-likeness (QED) is 0.794. The molecule has 0 unspecified atom stereocenters. The van der Waals surface area contributed by atoms with E-state index in [0.29, 0.717) is 17.9 Å². The van der Waals surface area contributed by atoms with Crippen LogP contribution in [-0.4, -0.2) is 18.2 Å². The number of amides is 1. The number of rotatable bonds is 5. The van der Waals surface area contributed by atoms with Gasteiger partial charge in [-0.1, -0.05) is 45.0 Å². The Bertz CT molecular complexity index is 393. The fourth-order valence-electron chi connectivity index (χ4n) is 1.46. The zero-order valence-electron chi connectivity index (χ0n) is 10.6. The van der Waals surface area contributed by atoms with E-state index in [1.807, 2.05) is 24.3 Å². The summed E-state index contributed by atoms with van der Waals surface area (Å²) in [5, 5.41) is 2.58. The first kappa shape index (κ1) is 13.4. The van der Waals surface area contributed by atoms with Crippen LogP contribution in [0.15, 0.2) is 24.3 Å². The molecule has 3 heteroatoms. The first-order valence-corrected chi connectivity index (χ1v) is 5.94. The van der Waals surface area contributed by atoms with Gasteiger partial charge >= 0.3 is 0 Å². The molecule has 0 saturated carbocycles. The third-order valence-electron chi connectivity index (χ3n) is 2.67. The Morgan fingerprint density at radius 1 is 1.18 bits per heavy atom. The van der Waals surface area contributed by atoms with Crippen molar-refractivity contribution in [1.82, 2.24) is 5.32 Å². The lowest BCUT2D eigenvalue weighted by molar-refractivity contribution is -0.120. The lowest BCUT2D eigenvalue weighted by Crippen LogP contribution is -2.28. The highest BCUT2D eigenvalue weighted by atomic mass is 16.2. The van der Waals surface area contributed by atoms with Crippen LogP contribution in [0.4, 0.5) is 0 Å². The molecule has 1 N–H and O–H groups in total. The average molecular weight is 233 g/mol. The maximum atomic E-state index is 11.7. The van der Waals surface area contributed by atoms with Gasteiger partial charge in [-0.3, -0.25) is 9.59 Å². The molecule has 0 bridgehead atoms. The molecular weight excluding hydrogens is 214 g/mol. The number of carbonyl (C=O) groups is 2. The van der Waals surface area contributed by atoms with Crippen molar-refractivity contribution in [2.45, 2.75) is 33.1 Å². The van der Waals surface area contributed by atoms with Gasteiger partial charge in [0.2, 0.25) is 5.91 Å². The first-order valence-electron chi connectivity index (χ1n) is 5.94. The van der Waals surface area contributed by atoms with E-state index in [1.165, 1.54) is 5.56 Å². The van der Waals surface area contributed by atoms with Crippen molar-refractivity contribution in [3.63, 3.8) is 0 Å². The van der Waals surface area contributed by atoms with Gasteiger partial charge in [-0.05, 0) is 11.5 Å². The van der Waals surface area contributed by atoms with Crippen molar-refractivity contribution in [1.29, 1.82) is 0 Å².